The summed E-state index contributed by atoms with van der Waals surface area (Å²) in [6, 6.07) is 3.31. The van der Waals surface area contributed by atoms with Crippen molar-refractivity contribution >= 4 is 0 Å². The first kappa shape index (κ1) is 8.98. The standard InChI is InChI=1S/C10H16N2O/c11-6-8-2-1-3-10(8)12-9-4-5-13-7-9/h8-10,12H,1-5,7H2. The van der Waals surface area contributed by atoms with Crippen molar-refractivity contribution in [3.8, 4) is 6.07 Å². The van der Waals surface area contributed by atoms with E-state index in [2.05, 4.69) is 11.4 Å². The fourth-order valence-corrected chi connectivity index (χ4v) is 2.28. The molecule has 2 rings (SSSR count). The number of nitrogens with zero attached hydrogens (tertiary/aromatic N) is 1. The zero-order valence-electron chi connectivity index (χ0n) is 7.83. The van der Waals surface area contributed by atoms with Crippen LogP contribution in [-0.4, -0.2) is 25.3 Å². The zero-order chi connectivity index (χ0) is 9.10. The topological polar surface area (TPSA) is 45.0 Å². The minimum absolute atomic E-state index is 0.237. The van der Waals surface area contributed by atoms with Crippen LogP contribution in [-0.2, 0) is 4.74 Å². The van der Waals surface area contributed by atoms with E-state index >= 15 is 0 Å². The van der Waals surface area contributed by atoms with Crippen LogP contribution in [0.3, 0.4) is 0 Å². The van der Waals surface area contributed by atoms with Crippen molar-refractivity contribution in [2.24, 2.45) is 5.92 Å². The van der Waals surface area contributed by atoms with Crippen molar-refractivity contribution < 1.29 is 4.74 Å². The molecule has 1 N–H and O–H groups in total. The molecule has 3 unspecified atom stereocenters. The molecule has 2 fully saturated rings. The second kappa shape index (κ2) is 4.08. The molecule has 1 saturated carbocycles. The third kappa shape index (κ3) is 2.01. The highest BCUT2D eigenvalue weighted by Crippen LogP contribution is 2.25. The van der Waals surface area contributed by atoms with E-state index in [-0.39, 0.29) is 5.92 Å². The molecule has 3 heteroatoms. The van der Waals surface area contributed by atoms with Gasteiger partial charge in [0.05, 0.1) is 18.6 Å². The van der Waals surface area contributed by atoms with Gasteiger partial charge in [-0.2, -0.15) is 5.26 Å². The average Bonchev–Trinajstić information content (AvgIpc) is 2.76. The van der Waals surface area contributed by atoms with Crippen LogP contribution in [0.1, 0.15) is 25.7 Å². The Labute approximate surface area is 79.1 Å². The molecule has 3 atom stereocenters. The molecule has 1 saturated heterocycles. The van der Waals surface area contributed by atoms with E-state index in [1.165, 1.54) is 6.42 Å². The maximum Gasteiger partial charge on any atom is 0.0672 e. The maximum absolute atomic E-state index is 8.89. The Hall–Kier alpha value is -0.590. The van der Waals surface area contributed by atoms with E-state index in [0.717, 1.165) is 32.5 Å². The largest absolute Gasteiger partial charge is 0.380 e. The minimum atomic E-state index is 0.237. The summed E-state index contributed by atoms with van der Waals surface area (Å²) in [7, 11) is 0. The highest BCUT2D eigenvalue weighted by molar-refractivity contribution is 4.97. The van der Waals surface area contributed by atoms with E-state index in [0.29, 0.717) is 12.1 Å². The molecule has 0 spiro atoms. The lowest BCUT2D eigenvalue weighted by Gasteiger charge is -2.19. The van der Waals surface area contributed by atoms with Gasteiger partial charge < -0.3 is 10.1 Å². The van der Waals surface area contributed by atoms with Crippen molar-refractivity contribution in [3.63, 3.8) is 0 Å². The number of rotatable bonds is 2. The lowest BCUT2D eigenvalue weighted by Crippen LogP contribution is -2.40. The van der Waals surface area contributed by atoms with Crippen molar-refractivity contribution in [1.29, 1.82) is 5.26 Å². The molecular formula is C10H16N2O. The Balaban J connectivity index is 1.83. The molecule has 0 bridgehead atoms. The first-order chi connectivity index (χ1) is 6.40. The van der Waals surface area contributed by atoms with E-state index in [9.17, 15) is 0 Å². The third-order valence-corrected chi connectivity index (χ3v) is 3.06. The molecule has 72 valence electrons. The average molecular weight is 180 g/mol. The van der Waals surface area contributed by atoms with E-state index in [1.54, 1.807) is 0 Å². The van der Waals surface area contributed by atoms with Gasteiger partial charge in [0.25, 0.3) is 0 Å². The predicted molar refractivity (Wildman–Crippen MR) is 49.1 cm³/mol. The summed E-state index contributed by atoms with van der Waals surface area (Å²) < 4.78 is 5.29. The first-order valence-corrected chi connectivity index (χ1v) is 5.13. The molecule has 0 aromatic heterocycles. The Bertz CT molecular complexity index is 205. The number of nitrogens with one attached hydrogen (secondary N) is 1. The van der Waals surface area contributed by atoms with Crippen LogP contribution >= 0.6 is 0 Å². The van der Waals surface area contributed by atoms with E-state index in [4.69, 9.17) is 10.00 Å². The van der Waals surface area contributed by atoms with Gasteiger partial charge in [0.1, 0.15) is 0 Å². The zero-order valence-corrected chi connectivity index (χ0v) is 7.83. The first-order valence-electron chi connectivity index (χ1n) is 5.13. The van der Waals surface area contributed by atoms with Gasteiger partial charge in [-0.25, -0.2) is 0 Å². The minimum Gasteiger partial charge on any atom is -0.380 e. The summed E-state index contributed by atoms with van der Waals surface area (Å²) in [6.45, 7) is 1.70. The van der Waals surface area contributed by atoms with Gasteiger partial charge >= 0.3 is 0 Å². The van der Waals surface area contributed by atoms with Crippen LogP contribution in [0, 0.1) is 17.2 Å². The van der Waals surface area contributed by atoms with Gasteiger partial charge in [0.15, 0.2) is 0 Å². The van der Waals surface area contributed by atoms with Crippen LogP contribution in [0.15, 0.2) is 0 Å². The second-order valence-corrected chi connectivity index (χ2v) is 4.00. The van der Waals surface area contributed by atoms with Crippen molar-refractivity contribution in [3.05, 3.63) is 0 Å². The summed E-state index contributed by atoms with van der Waals surface area (Å²) >= 11 is 0. The fourth-order valence-electron chi connectivity index (χ4n) is 2.28. The molecule has 3 nitrogen and oxygen atoms in total. The van der Waals surface area contributed by atoms with Crippen LogP contribution in [0.5, 0.6) is 0 Å². The van der Waals surface area contributed by atoms with Crippen LogP contribution < -0.4 is 5.32 Å². The molecular weight excluding hydrogens is 164 g/mol. The highest BCUT2D eigenvalue weighted by atomic mass is 16.5. The molecule has 1 aliphatic carbocycles. The Kier molecular flexibility index (Phi) is 2.82. The second-order valence-electron chi connectivity index (χ2n) is 4.00. The summed E-state index contributed by atoms with van der Waals surface area (Å²) in [6.07, 6.45) is 4.54. The van der Waals surface area contributed by atoms with Crippen LogP contribution in [0.2, 0.25) is 0 Å². The van der Waals surface area contributed by atoms with Gasteiger partial charge in [0.2, 0.25) is 0 Å². The Morgan fingerprint density at radius 1 is 1.31 bits per heavy atom. The van der Waals surface area contributed by atoms with Crippen molar-refractivity contribution in [2.45, 2.75) is 37.8 Å². The molecule has 1 heterocycles. The maximum atomic E-state index is 8.89. The van der Waals surface area contributed by atoms with Gasteiger partial charge in [-0.15, -0.1) is 0 Å². The van der Waals surface area contributed by atoms with Crippen LogP contribution in [0.4, 0.5) is 0 Å². The van der Waals surface area contributed by atoms with Gasteiger partial charge in [-0.3, -0.25) is 0 Å². The molecule has 0 amide bonds. The molecule has 0 radical (unpaired) electrons. The Morgan fingerprint density at radius 3 is 2.92 bits per heavy atom. The number of hydrogen-bond acceptors (Lipinski definition) is 3. The molecule has 1 aliphatic heterocycles. The lowest BCUT2D eigenvalue weighted by molar-refractivity contribution is 0.187. The van der Waals surface area contributed by atoms with Gasteiger partial charge in [-0.1, -0.05) is 6.42 Å². The number of nitriles is 1. The number of ether oxygens (including phenoxy) is 1. The molecule has 2 aliphatic rings. The van der Waals surface area contributed by atoms with Gasteiger partial charge in [0, 0.05) is 18.7 Å². The van der Waals surface area contributed by atoms with Crippen molar-refractivity contribution in [2.75, 3.05) is 13.2 Å². The molecule has 13 heavy (non-hydrogen) atoms. The molecule has 0 aromatic rings. The summed E-state index contributed by atoms with van der Waals surface area (Å²) in [5, 5.41) is 12.4. The quantitative estimate of drug-likeness (QED) is 0.691. The van der Waals surface area contributed by atoms with Crippen LogP contribution in [0.25, 0.3) is 0 Å². The number of hydrogen-bond donors (Lipinski definition) is 1. The highest BCUT2D eigenvalue weighted by Gasteiger charge is 2.29. The summed E-state index contributed by atoms with van der Waals surface area (Å²) in [5.74, 6) is 0.237. The normalized spacial score (nSPS) is 39.2. The monoisotopic (exact) mass is 180 g/mol. The summed E-state index contributed by atoms with van der Waals surface area (Å²) in [5.41, 5.74) is 0. The van der Waals surface area contributed by atoms with Gasteiger partial charge in [-0.05, 0) is 19.3 Å². The van der Waals surface area contributed by atoms with E-state index < -0.39 is 0 Å². The fraction of sp³-hybridized carbons (Fsp3) is 0.900. The predicted octanol–water partition coefficient (Wildman–Crippen LogP) is 1.06. The third-order valence-electron chi connectivity index (χ3n) is 3.06. The molecule has 0 aromatic carbocycles. The van der Waals surface area contributed by atoms with Crippen molar-refractivity contribution in [1.82, 2.24) is 5.32 Å². The van der Waals surface area contributed by atoms with E-state index in [1.807, 2.05) is 0 Å². The Morgan fingerprint density at radius 2 is 2.23 bits per heavy atom. The lowest BCUT2D eigenvalue weighted by atomic mass is 10.0. The smallest absolute Gasteiger partial charge is 0.0672 e. The SMILES string of the molecule is N#CC1CCCC1NC1CCOC1. The summed E-state index contributed by atoms with van der Waals surface area (Å²) in [4.78, 5) is 0.